The van der Waals surface area contributed by atoms with Crippen LogP contribution in [0.2, 0.25) is 5.02 Å². The predicted molar refractivity (Wildman–Crippen MR) is 58.1 cm³/mol. The van der Waals surface area contributed by atoms with E-state index in [4.69, 9.17) is 16.7 Å². The summed E-state index contributed by atoms with van der Waals surface area (Å²) in [5.41, 5.74) is 0.809. The number of aliphatic hydroxyl groups excluding tert-OH is 1. The lowest BCUT2D eigenvalue weighted by molar-refractivity contribution is -0.384. The zero-order valence-corrected chi connectivity index (χ0v) is 9.07. The van der Waals surface area contributed by atoms with Crippen molar-refractivity contribution < 1.29 is 10.0 Å². The Morgan fingerprint density at radius 2 is 2.27 bits per heavy atom. The highest BCUT2D eigenvalue weighted by atomic mass is 35.5. The molecular formula is C10H12ClNO3. The first kappa shape index (κ1) is 11.9. The Morgan fingerprint density at radius 1 is 1.60 bits per heavy atom. The molecule has 0 aliphatic heterocycles. The summed E-state index contributed by atoms with van der Waals surface area (Å²) < 4.78 is 0. The van der Waals surface area contributed by atoms with E-state index in [9.17, 15) is 10.1 Å². The molecule has 5 heteroatoms. The van der Waals surface area contributed by atoms with Gasteiger partial charge in [-0.2, -0.15) is 0 Å². The number of nitro benzene ring substituents is 1. The minimum absolute atomic E-state index is 0.0857. The van der Waals surface area contributed by atoms with E-state index >= 15 is 0 Å². The Labute approximate surface area is 92.6 Å². The zero-order chi connectivity index (χ0) is 11.4. The van der Waals surface area contributed by atoms with Crippen LogP contribution in [0.4, 0.5) is 5.69 Å². The standard InChI is InChI=1S/C10H12ClNO3/c1-7(13)2-3-8-4-5-10(12(14)15)9(11)6-8/h4-7,13H,2-3H2,1H3/t7-/m0/s1. The molecule has 1 rings (SSSR count). The van der Waals surface area contributed by atoms with Crippen molar-refractivity contribution in [3.05, 3.63) is 38.9 Å². The summed E-state index contributed by atoms with van der Waals surface area (Å²) in [4.78, 5) is 9.97. The molecule has 1 aromatic rings. The van der Waals surface area contributed by atoms with Crippen molar-refractivity contribution >= 4 is 17.3 Å². The second-order valence-electron chi connectivity index (χ2n) is 3.43. The van der Waals surface area contributed by atoms with Gasteiger partial charge in [-0.3, -0.25) is 10.1 Å². The van der Waals surface area contributed by atoms with Gasteiger partial charge in [-0.25, -0.2) is 0 Å². The van der Waals surface area contributed by atoms with Crippen LogP contribution in [-0.4, -0.2) is 16.1 Å². The third-order valence-corrected chi connectivity index (χ3v) is 2.36. The van der Waals surface area contributed by atoms with E-state index < -0.39 is 4.92 Å². The van der Waals surface area contributed by atoms with Crippen molar-refractivity contribution in [3.8, 4) is 0 Å². The molecule has 0 saturated carbocycles. The summed E-state index contributed by atoms with van der Waals surface area (Å²) in [5, 5.41) is 19.7. The Balaban J connectivity index is 2.78. The molecule has 1 atom stereocenters. The van der Waals surface area contributed by atoms with E-state index in [1.54, 1.807) is 19.1 Å². The van der Waals surface area contributed by atoms with Crippen molar-refractivity contribution in [2.24, 2.45) is 0 Å². The summed E-state index contributed by atoms with van der Waals surface area (Å²) >= 11 is 5.74. The number of nitrogens with zero attached hydrogens (tertiary/aromatic N) is 1. The largest absolute Gasteiger partial charge is 0.393 e. The lowest BCUT2D eigenvalue weighted by Gasteiger charge is -2.04. The van der Waals surface area contributed by atoms with Gasteiger partial charge in [-0.05, 0) is 31.4 Å². The number of benzene rings is 1. The van der Waals surface area contributed by atoms with Gasteiger partial charge in [-0.15, -0.1) is 0 Å². The molecule has 0 heterocycles. The number of aliphatic hydroxyl groups is 1. The van der Waals surface area contributed by atoms with E-state index in [1.165, 1.54) is 6.07 Å². The molecule has 0 fully saturated rings. The van der Waals surface area contributed by atoms with Crippen LogP contribution in [0.15, 0.2) is 18.2 Å². The number of halogens is 1. The van der Waals surface area contributed by atoms with Gasteiger partial charge in [0.25, 0.3) is 5.69 Å². The number of nitro groups is 1. The van der Waals surface area contributed by atoms with Crippen LogP contribution in [0.25, 0.3) is 0 Å². The minimum Gasteiger partial charge on any atom is -0.393 e. The minimum atomic E-state index is -0.513. The fourth-order valence-electron chi connectivity index (χ4n) is 1.23. The average molecular weight is 230 g/mol. The smallest absolute Gasteiger partial charge is 0.287 e. The van der Waals surface area contributed by atoms with Gasteiger partial charge in [0.05, 0.1) is 11.0 Å². The molecule has 0 radical (unpaired) electrons. The SMILES string of the molecule is C[C@H](O)CCc1ccc([N+](=O)[O-])c(Cl)c1. The van der Waals surface area contributed by atoms with E-state index in [-0.39, 0.29) is 16.8 Å². The van der Waals surface area contributed by atoms with Gasteiger partial charge in [0.15, 0.2) is 0 Å². The van der Waals surface area contributed by atoms with Crippen LogP contribution in [0, 0.1) is 10.1 Å². The molecule has 0 spiro atoms. The van der Waals surface area contributed by atoms with Crippen LogP contribution < -0.4 is 0 Å². The van der Waals surface area contributed by atoms with Crippen molar-refractivity contribution in [2.75, 3.05) is 0 Å². The molecule has 1 aromatic carbocycles. The number of rotatable bonds is 4. The summed E-state index contributed by atoms with van der Waals surface area (Å²) in [6.07, 6.45) is 0.905. The molecule has 4 nitrogen and oxygen atoms in total. The van der Waals surface area contributed by atoms with Gasteiger partial charge in [0.2, 0.25) is 0 Å². The molecular weight excluding hydrogens is 218 g/mol. The second-order valence-corrected chi connectivity index (χ2v) is 3.84. The Bertz CT molecular complexity index is 366. The lowest BCUT2D eigenvalue weighted by atomic mass is 10.1. The van der Waals surface area contributed by atoms with Gasteiger partial charge >= 0.3 is 0 Å². The Hall–Kier alpha value is -1.13. The molecule has 0 saturated heterocycles. The fourth-order valence-corrected chi connectivity index (χ4v) is 1.50. The van der Waals surface area contributed by atoms with Crippen molar-refractivity contribution in [2.45, 2.75) is 25.9 Å². The number of aryl methyl sites for hydroxylation is 1. The molecule has 0 aromatic heterocycles. The molecule has 0 unspecified atom stereocenters. The highest BCUT2D eigenvalue weighted by Gasteiger charge is 2.11. The Kier molecular flexibility index (Phi) is 4.05. The zero-order valence-electron chi connectivity index (χ0n) is 8.31. The van der Waals surface area contributed by atoms with Crippen LogP contribution in [0.3, 0.4) is 0 Å². The van der Waals surface area contributed by atoms with Crippen molar-refractivity contribution in [3.63, 3.8) is 0 Å². The quantitative estimate of drug-likeness (QED) is 0.638. The molecule has 15 heavy (non-hydrogen) atoms. The van der Waals surface area contributed by atoms with Gasteiger partial charge in [-0.1, -0.05) is 17.7 Å². The summed E-state index contributed by atoms with van der Waals surface area (Å²) in [7, 11) is 0. The highest BCUT2D eigenvalue weighted by Crippen LogP contribution is 2.25. The van der Waals surface area contributed by atoms with Crippen LogP contribution >= 0.6 is 11.6 Å². The third kappa shape index (κ3) is 3.49. The van der Waals surface area contributed by atoms with Crippen LogP contribution in [-0.2, 0) is 6.42 Å². The first-order chi connectivity index (χ1) is 7.00. The van der Waals surface area contributed by atoms with Crippen LogP contribution in [0.1, 0.15) is 18.9 Å². The molecule has 0 amide bonds. The fraction of sp³-hybridized carbons (Fsp3) is 0.400. The third-order valence-electron chi connectivity index (χ3n) is 2.06. The maximum atomic E-state index is 10.5. The van der Waals surface area contributed by atoms with E-state index in [1.807, 2.05) is 0 Å². The normalized spacial score (nSPS) is 12.5. The first-order valence-corrected chi connectivity index (χ1v) is 4.99. The maximum Gasteiger partial charge on any atom is 0.287 e. The topological polar surface area (TPSA) is 63.4 Å². The second kappa shape index (κ2) is 5.09. The first-order valence-electron chi connectivity index (χ1n) is 4.61. The summed E-state index contributed by atoms with van der Waals surface area (Å²) in [6.45, 7) is 1.70. The maximum absolute atomic E-state index is 10.5. The van der Waals surface area contributed by atoms with Crippen LogP contribution in [0.5, 0.6) is 0 Å². The summed E-state index contributed by atoms with van der Waals surface area (Å²) in [6, 6.07) is 4.62. The molecule has 0 aliphatic carbocycles. The molecule has 0 aliphatic rings. The number of hydrogen-bond donors (Lipinski definition) is 1. The van der Waals surface area contributed by atoms with E-state index in [2.05, 4.69) is 0 Å². The summed E-state index contributed by atoms with van der Waals surface area (Å²) in [5.74, 6) is 0. The van der Waals surface area contributed by atoms with E-state index in [0.29, 0.717) is 12.8 Å². The van der Waals surface area contributed by atoms with Gasteiger partial charge in [0.1, 0.15) is 5.02 Å². The lowest BCUT2D eigenvalue weighted by Crippen LogP contribution is -2.01. The highest BCUT2D eigenvalue weighted by molar-refractivity contribution is 6.32. The molecule has 1 N–H and O–H groups in total. The average Bonchev–Trinajstić information content (AvgIpc) is 2.14. The van der Waals surface area contributed by atoms with E-state index in [0.717, 1.165) is 5.56 Å². The molecule has 0 bridgehead atoms. The monoisotopic (exact) mass is 229 g/mol. The van der Waals surface area contributed by atoms with Crippen molar-refractivity contribution in [1.82, 2.24) is 0 Å². The predicted octanol–water partition coefficient (Wildman–Crippen LogP) is 2.56. The number of hydrogen-bond acceptors (Lipinski definition) is 3. The Morgan fingerprint density at radius 3 is 2.73 bits per heavy atom. The van der Waals surface area contributed by atoms with Gasteiger partial charge in [0, 0.05) is 6.07 Å². The molecule has 82 valence electrons. The van der Waals surface area contributed by atoms with Crippen molar-refractivity contribution in [1.29, 1.82) is 0 Å². The van der Waals surface area contributed by atoms with Gasteiger partial charge < -0.3 is 5.11 Å².